The van der Waals surface area contributed by atoms with E-state index in [1.54, 1.807) is 31.4 Å². The van der Waals surface area contributed by atoms with Crippen LogP contribution in [0, 0.1) is 6.92 Å². The van der Waals surface area contributed by atoms with Gasteiger partial charge in [0.05, 0.1) is 18.0 Å². The van der Waals surface area contributed by atoms with Gasteiger partial charge in [0.1, 0.15) is 11.6 Å². The fourth-order valence-corrected chi connectivity index (χ4v) is 4.33. The van der Waals surface area contributed by atoms with Crippen molar-refractivity contribution >= 4 is 48.3 Å². The number of rotatable bonds is 10. The number of phosphoric acid groups is 1. The first-order chi connectivity index (χ1) is 14.1. The molecular formula is C17H21N4O6PS2. The second-order valence-corrected chi connectivity index (χ2v) is 9.26. The van der Waals surface area contributed by atoms with Gasteiger partial charge in [0.15, 0.2) is 0 Å². The fourth-order valence-electron chi connectivity index (χ4n) is 2.33. The van der Waals surface area contributed by atoms with Crippen molar-refractivity contribution in [1.82, 2.24) is 14.9 Å². The summed E-state index contributed by atoms with van der Waals surface area (Å²) in [5.74, 6) is 0.726. The second kappa shape index (κ2) is 10.8. The Balaban J connectivity index is 2.28. The minimum atomic E-state index is -4.66. The Morgan fingerprint density at radius 3 is 2.77 bits per heavy atom. The molecule has 10 nitrogen and oxygen atoms in total. The fraction of sp³-hybridized carbons (Fsp3) is 0.294. The summed E-state index contributed by atoms with van der Waals surface area (Å²) < 4.78 is 15.5. The molecule has 0 spiro atoms. The first kappa shape index (κ1) is 24.2. The highest BCUT2D eigenvalue weighted by molar-refractivity contribution is 8.17. The van der Waals surface area contributed by atoms with Crippen LogP contribution in [0.3, 0.4) is 0 Å². The third-order valence-electron chi connectivity index (χ3n) is 3.85. The molecule has 0 saturated carbocycles. The molecule has 2 rings (SSSR count). The molecule has 0 aromatic carbocycles. The molecule has 2 aromatic heterocycles. The molecule has 0 aliphatic heterocycles. The minimum absolute atomic E-state index is 0.0168. The summed E-state index contributed by atoms with van der Waals surface area (Å²) in [5.41, 5.74) is 6.85. The van der Waals surface area contributed by atoms with Gasteiger partial charge in [0.25, 0.3) is 0 Å². The smallest absolute Gasteiger partial charge is 0.383 e. The van der Waals surface area contributed by atoms with E-state index in [0.29, 0.717) is 33.3 Å². The van der Waals surface area contributed by atoms with Gasteiger partial charge in [-0.2, -0.15) is 0 Å². The van der Waals surface area contributed by atoms with Gasteiger partial charge in [0.2, 0.25) is 11.5 Å². The van der Waals surface area contributed by atoms with E-state index in [1.165, 1.54) is 22.4 Å². The quantitative estimate of drug-likeness (QED) is 0.347. The molecule has 30 heavy (non-hydrogen) atoms. The van der Waals surface area contributed by atoms with Gasteiger partial charge in [-0.15, -0.1) is 11.3 Å². The van der Waals surface area contributed by atoms with Crippen molar-refractivity contribution in [2.75, 3.05) is 12.3 Å². The Bertz CT molecular complexity index is 977. The third-order valence-corrected chi connectivity index (χ3v) is 6.52. The Morgan fingerprint density at radius 2 is 2.20 bits per heavy atom. The van der Waals surface area contributed by atoms with Crippen LogP contribution < -0.4 is 5.73 Å². The summed E-state index contributed by atoms with van der Waals surface area (Å²) in [7, 11) is -4.66. The second-order valence-electron chi connectivity index (χ2n) is 6.01. The van der Waals surface area contributed by atoms with Crippen molar-refractivity contribution in [1.29, 1.82) is 0 Å². The predicted octanol–water partition coefficient (Wildman–Crippen LogP) is 2.69. The van der Waals surface area contributed by atoms with Crippen molar-refractivity contribution in [2.45, 2.75) is 26.8 Å². The maximum Gasteiger partial charge on any atom is 0.469 e. The number of carbonyl (C=O) groups is 2. The lowest BCUT2D eigenvalue weighted by Crippen LogP contribution is -2.22. The number of aryl methyl sites for hydroxylation is 1. The molecule has 162 valence electrons. The number of carbonyl (C=O) groups excluding carboxylic acids is 2. The molecule has 4 N–H and O–H groups in total. The van der Waals surface area contributed by atoms with E-state index in [4.69, 9.17) is 15.5 Å². The molecule has 0 unspecified atom stereocenters. The number of allylic oxidation sites excluding steroid dienone is 1. The summed E-state index contributed by atoms with van der Waals surface area (Å²) in [5, 5.41) is 1.51. The van der Waals surface area contributed by atoms with Gasteiger partial charge >= 0.3 is 7.82 Å². The van der Waals surface area contributed by atoms with Crippen molar-refractivity contribution in [3.8, 4) is 0 Å². The average molecular weight is 472 g/mol. The number of phosphoric ester groups is 1. The van der Waals surface area contributed by atoms with Crippen LogP contribution >= 0.6 is 30.9 Å². The van der Waals surface area contributed by atoms with Gasteiger partial charge in [-0.25, -0.2) is 14.5 Å². The van der Waals surface area contributed by atoms with Crippen LogP contribution in [0.25, 0.3) is 0 Å². The average Bonchev–Trinajstić information content (AvgIpc) is 3.20. The summed E-state index contributed by atoms with van der Waals surface area (Å²) in [6, 6.07) is 3.41. The number of hydrogen-bond donors (Lipinski definition) is 3. The largest absolute Gasteiger partial charge is 0.469 e. The number of nitrogens with zero attached hydrogens (tertiary/aromatic N) is 3. The van der Waals surface area contributed by atoms with Crippen LogP contribution in [-0.2, 0) is 20.4 Å². The first-order valence-electron chi connectivity index (χ1n) is 8.56. The van der Waals surface area contributed by atoms with E-state index in [2.05, 4.69) is 14.5 Å². The molecular weight excluding hydrogens is 451 g/mol. The van der Waals surface area contributed by atoms with E-state index in [9.17, 15) is 14.2 Å². The molecule has 1 amide bonds. The van der Waals surface area contributed by atoms with E-state index in [0.717, 1.165) is 11.8 Å². The zero-order valence-electron chi connectivity index (χ0n) is 16.2. The monoisotopic (exact) mass is 472 g/mol. The molecule has 0 fully saturated rings. The van der Waals surface area contributed by atoms with E-state index in [-0.39, 0.29) is 30.5 Å². The Kier molecular flexibility index (Phi) is 8.71. The zero-order chi connectivity index (χ0) is 22.3. The highest BCUT2D eigenvalue weighted by Crippen LogP contribution is 2.37. The molecule has 13 heteroatoms. The number of thioether (sulfide) groups is 1. The van der Waals surface area contributed by atoms with Crippen molar-refractivity contribution in [2.24, 2.45) is 0 Å². The molecule has 0 bridgehead atoms. The topological polar surface area (TPSA) is 156 Å². The normalized spacial score (nSPS) is 12.4. The van der Waals surface area contributed by atoms with E-state index in [1.807, 2.05) is 0 Å². The van der Waals surface area contributed by atoms with E-state index < -0.39 is 7.82 Å². The van der Waals surface area contributed by atoms with Crippen molar-refractivity contribution in [3.05, 3.63) is 50.6 Å². The molecule has 0 atom stereocenters. The van der Waals surface area contributed by atoms with Crippen LogP contribution in [0.2, 0.25) is 0 Å². The first-order valence-corrected chi connectivity index (χ1v) is 11.8. The van der Waals surface area contributed by atoms with Gasteiger partial charge in [-0.05, 0) is 37.1 Å². The number of anilines is 1. The summed E-state index contributed by atoms with van der Waals surface area (Å²) in [6.45, 7) is 3.05. The van der Waals surface area contributed by atoms with Gasteiger partial charge in [0, 0.05) is 28.8 Å². The lowest BCUT2D eigenvalue weighted by Gasteiger charge is -2.22. The maximum absolute atomic E-state index is 12.5. The SMILES string of the molecule is C/C(=C(\CCOP(=O)(O)O)SC(=O)c1cccs1)N(C=O)Cc1cnc(C)nc1N. The summed E-state index contributed by atoms with van der Waals surface area (Å²) in [4.78, 5) is 52.5. The molecule has 2 aromatic rings. The van der Waals surface area contributed by atoms with Crippen molar-refractivity contribution in [3.63, 3.8) is 0 Å². The van der Waals surface area contributed by atoms with Gasteiger partial charge < -0.3 is 20.4 Å². The minimum Gasteiger partial charge on any atom is -0.383 e. The lowest BCUT2D eigenvalue weighted by atomic mass is 10.2. The number of nitrogens with two attached hydrogens (primary N) is 1. The third kappa shape index (κ3) is 7.31. The molecule has 0 saturated heterocycles. The van der Waals surface area contributed by atoms with Crippen LogP contribution in [0.1, 0.15) is 34.4 Å². The van der Waals surface area contributed by atoms with Crippen LogP contribution in [0.5, 0.6) is 0 Å². The number of nitrogen functional groups attached to an aromatic ring is 1. The molecule has 2 heterocycles. The Hall–Kier alpha value is -2.08. The number of thiophene rings is 1. The van der Waals surface area contributed by atoms with Gasteiger partial charge in [-0.1, -0.05) is 6.07 Å². The number of hydrogen-bond acceptors (Lipinski definition) is 9. The number of amides is 1. The summed E-state index contributed by atoms with van der Waals surface area (Å²) in [6.07, 6.45) is 2.11. The van der Waals surface area contributed by atoms with Crippen LogP contribution in [0.15, 0.2) is 34.3 Å². The van der Waals surface area contributed by atoms with Crippen LogP contribution in [0.4, 0.5) is 5.82 Å². The molecule has 0 radical (unpaired) electrons. The lowest BCUT2D eigenvalue weighted by molar-refractivity contribution is -0.116. The van der Waals surface area contributed by atoms with E-state index >= 15 is 0 Å². The maximum atomic E-state index is 12.5. The van der Waals surface area contributed by atoms with Crippen LogP contribution in [-0.4, -0.2) is 42.8 Å². The summed E-state index contributed by atoms with van der Waals surface area (Å²) >= 11 is 2.15. The Labute approximate surface area is 181 Å². The van der Waals surface area contributed by atoms with Gasteiger partial charge in [-0.3, -0.25) is 14.1 Å². The zero-order valence-corrected chi connectivity index (χ0v) is 18.7. The van der Waals surface area contributed by atoms with Crippen molar-refractivity contribution < 1.29 is 28.5 Å². The standard InChI is InChI=1S/C17H21N4O6PS2/c1-11(21(10-22)9-13-8-19-12(2)20-16(13)18)14(5-6-27-28(24,25)26)30-17(23)15-4-3-7-29-15/h3-4,7-8,10H,5-6,9H2,1-2H3,(H2,18,19,20)(H2,24,25,26)/b14-11-. The predicted molar refractivity (Wildman–Crippen MR) is 114 cm³/mol. The molecule has 0 aliphatic carbocycles. The number of aromatic nitrogens is 2. The highest BCUT2D eigenvalue weighted by atomic mass is 32.2. The molecule has 0 aliphatic rings. The Morgan fingerprint density at radius 1 is 1.47 bits per heavy atom. The highest BCUT2D eigenvalue weighted by Gasteiger charge is 2.20.